The average Bonchev–Trinajstić information content (AvgIpc) is 2.72. The molecule has 1 amide bonds. The number of anilines is 2. The predicted octanol–water partition coefficient (Wildman–Crippen LogP) is 5.01. The monoisotopic (exact) mass is 490 g/mol. The standard InChI is InChI=1S/C21H19BrN2O3S2/c1-28-19-10-6-8-17(14-19)23-21(25)15-24(18-9-5-7-16(22)13-18)29(26,27)20-11-3-2-4-12-20/h2-14H,15H2,1H3,(H,23,25). The van der Waals surface area contributed by atoms with Gasteiger partial charge in [0.1, 0.15) is 6.54 Å². The lowest BCUT2D eigenvalue weighted by Gasteiger charge is -2.24. The molecule has 8 heteroatoms. The molecule has 0 spiro atoms. The van der Waals surface area contributed by atoms with Gasteiger partial charge >= 0.3 is 0 Å². The van der Waals surface area contributed by atoms with Crippen LogP contribution in [0.4, 0.5) is 11.4 Å². The summed E-state index contributed by atoms with van der Waals surface area (Å²) in [4.78, 5) is 13.8. The summed E-state index contributed by atoms with van der Waals surface area (Å²) >= 11 is 4.93. The van der Waals surface area contributed by atoms with Crippen LogP contribution in [0.3, 0.4) is 0 Å². The molecule has 0 radical (unpaired) electrons. The Morgan fingerprint density at radius 1 is 1.00 bits per heavy atom. The maximum Gasteiger partial charge on any atom is 0.264 e. The van der Waals surface area contributed by atoms with Crippen molar-refractivity contribution in [3.8, 4) is 0 Å². The van der Waals surface area contributed by atoms with Crippen molar-refractivity contribution < 1.29 is 13.2 Å². The van der Waals surface area contributed by atoms with E-state index < -0.39 is 15.9 Å². The van der Waals surface area contributed by atoms with E-state index in [-0.39, 0.29) is 11.4 Å². The molecule has 0 aliphatic rings. The van der Waals surface area contributed by atoms with Crippen LogP contribution < -0.4 is 9.62 Å². The van der Waals surface area contributed by atoms with Gasteiger partial charge in [0.25, 0.3) is 10.0 Å². The van der Waals surface area contributed by atoms with Gasteiger partial charge < -0.3 is 5.32 Å². The van der Waals surface area contributed by atoms with Gasteiger partial charge in [-0.2, -0.15) is 0 Å². The fourth-order valence-corrected chi connectivity index (χ4v) is 4.98. The van der Waals surface area contributed by atoms with Crippen LogP contribution in [0, 0.1) is 0 Å². The van der Waals surface area contributed by atoms with Gasteiger partial charge in [0, 0.05) is 15.1 Å². The molecule has 0 fully saturated rings. The fraction of sp³-hybridized carbons (Fsp3) is 0.0952. The van der Waals surface area contributed by atoms with E-state index in [9.17, 15) is 13.2 Å². The number of amides is 1. The topological polar surface area (TPSA) is 66.5 Å². The smallest absolute Gasteiger partial charge is 0.264 e. The SMILES string of the molecule is CSc1cccc(NC(=O)CN(c2cccc(Br)c2)S(=O)(=O)c2ccccc2)c1. The largest absolute Gasteiger partial charge is 0.324 e. The lowest BCUT2D eigenvalue weighted by molar-refractivity contribution is -0.114. The summed E-state index contributed by atoms with van der Waals surface area (Å²) in [5, 5.41) is 2.78. The van der Waals surface area contributed by atoms with Crippen molar-refractivity contribution in [2.45, 2.75) is 9.79 Å². The summed E-state index contributed by atoms with van der Waals surface area (Å²) in [6.07, 6.45) is 1.95. The van der Waals surface area contributed by atoms with Crippen molar-refractivity contribution >= 4 is 55.0 Å². The number of sulfonamides is 1. The lowest BCUT2D eigenvalue weighted by atomic mass is 10.3. The number of carbonyl (C=O) groups is 1. The van der Waals surface area contributed by atoms with Crippen LogP contribution in [-0.4, -0.2) is 27.1 Å². The molecule has 0 aliphatic carbocycles. The highest BCUT2D eigenvalue weighted by molar-refractivity contribution is 9.10. The molecule has 0 atom stereocenters. The lowest BCUT2D eigenvalue weighted by Crippen LogP contribution is -2.38. The molecule has 0 saturated carbocycles. The Balaban J connectivity index is 1.92. The van der Waals surface area contributed by atoms with Gasteiger partial charge in [-0.3, -0.25) is 9.10 Å². The number of carbonyl (C=O) groups excluding carboxylic acids is 1. The Morgan fingerprint density at radius 2 is 1.72 bits per heavy atom. The van der Waals surface area contributed by atoms with Crippen molar-refractivity contribution in [1.29, 1.82) is 0 Å². The van der Waals surface area contributed by atoms with Crippen molar-refractivity contribution in [2.24, 2.45) is 0 Å². The zero-order valence-electron chi connectivity index (χ0n) is 15.6. The molecule has 29 heavy (non-hydrogen) atoms. The predicted molar refractivity (Wildman–Crippen MR) is 122 cm³/mol. The molecule has 0 aliphatic heterocycles. The van der Waals surface area contributed by atoms with Crippen LogP contribution in [0.5, 0.6) is 0 Å². The normalized spacial score (nSPS) is 11.1. The first-order chi connectivity index (χ1) is 13.9. The number of hydrogen-bond donors (Lipinski definition) is 1. The van der Waals surface area contributed by atoms with Crippen LogP contribution in [0.1, 0.15) is 0 Å². The van der Waals surface area contributed by atoms with Crippen LogP contribution in [-0.2, 0) is 14.8 Å². The second-order valence-electron chi connectivity index (χ2n) is 6.08. The molecule has 1 N–H and O–H groups in total. The fourth-order valence-electron chi connectivity index (χ4n) is 2.70. The number of thioether (sulfide) groups is 1. The summed E-state index contributed by atoms with van der Waals surface area (Å²) in [6, 6.07) is 22.3. The maximum atomic E-state index is 13.3. The van der Waals surface area contributed by atoms with Crippen LogP contribution >= 0.6 is 27.7 Å². The first kappa shape index (κ1) is 21.4. The number of rotatable bonds is 7. The quantitative estimate of drug-likeness (QED) is 0.473. The minimum atomic E-state index is -3.92. The number of benzene rings is 3. The Morgan fingerprint density at radius 3 is 2.41 bits per heavy atom. The van der Waals surface area contributed by atoms with Gasteiger partial charge in [0.15, 0.2) is 0 Å². The molecule has 0 bridgehead atoms. The summed E-state index contributed by atoms with van der Waals surface area (Å²) in [5.41, 5.74) is 1.02. The number of hydrogen-bond acceptors (Lipinski definition) is 4. The zero-order chi connectivity index (χ0) is 20.9. The van der Waals surface area contributed by atoms with E-state index in [1.165, 1.54) is 12.1 Å². The molecular weight excluding hydrogens is 472 g/mol. The van der Waals surface area contributed by atoms with Crippen LogP contribution in [0.15, 0.2) is 93.1 Å². The Labute approximate surface area is 183 Å². The zero-order valence-corrected chi connectivity index (χ0v) is 18.8. The van der Waals surface area contributed by atoms with Gasteiger partial charge in [0.2, 0.25) is 5.91 Å². The summed E-state index contributed by atoms with van der Waals surface area (Å²) in [5.74, 6) is -0.428. The van der Waals surface area contributed by atoms with Gasteiger partial charge in [0.05, 0.1) is 10.6 Å². The molecule has 3 aromatic rings. The third-order valence-corrected chi connectivity index (χ3v) is 7.07. The molecule has 150 valence electrons. The number of nitrogens with one attached hydrogen (secondary N) is 1. The van der Waals surface area contributed by atoms with Gasteiger partial charge in [-0.05, 0) is 54.8 Å². The average molecular weight is 491 g/mol. The molecule has 0 aromatic heterocycles. The van der Waals surface area contributed by atoms with Crippen molar-refractivity contribution in [3.63, 3.8) is 0 Å². The second kappa shape index (κ2) is 9.47. The van der Waals surface area contributed by atoms with E-state index in [1.54, 1.807) is 60.3 Å². The second-order valence-corrected chi connectivity index (χ2v) is 9.74. The van der Waals surface area contributed by atoms with Gasteiger partial charge in [-0.1, -0.05) is 46.3 Å². The van der Waals surface area contributed by atoms with Crippen molar-refractivity contribution in [3.05, 3.63) is 83.3 Å². The highest BCUT2D eigenvalue weighted by Crippen LogP contribution is 2.26. The first-order valence-electron chi connectivity index (χ1n) is 8.67. The summed E-state index contributed by atoms with van der Waals surface area (Å²) in [7, 11) is -3.92. The Hall–Kier alpha value is -2.29. The van der Waals surface area contributed by atoms with E-state index in [0.717, 1.165) is 13.7 Å². The van der Waals surface area contributed by atoms with Gasteiger partial charge in [-0.25, -0.2) is 8.42 Å². The third kappa shape index (κ3) is 5.41. The van der Waals surface area contributed by atoms with Gasteiger partial charge in [-0.15, -0.1) is 11.8 Å². The molecule has 3 rings (SSSR count). The van der Waals surface area contributed by atoms with Crippen LogP contribution in [0.2, 0.25) is 0 Å². The van der Waals surface area contributed by atoms with Crippen molar-refractivity contribution in [2.75, 3.05) is 22.4 Å². The van der Waals surface area contributed by atoms with E-state index >= 15 is 0 Å². The minimum Gasteiger partial charge on any atom is -0.324 e. The van der Waals surface area contributed by atoms with E-state index in [2.05, 4.69) is 21.2 Å². The highest BCUT2D eigenvalue weighted by atomic mass is 79.9. The van der Waals surface area contributed by atoms with E-state index in [1.807, 2.05) is 24.5 Å². The number of halogens is 1. The van der Waals surface area contributed by atoms with E-state index in [0.29, 0.717) is 11.4 Å². The molecule has 3 aromatic carbocycles. The minimum absolute atomic E-state index is 0.122. The first-order valence-corrected chi connectivity index (χ1v) is 12.1. The molecule has 0 heterocycles. The van der Waals surface area contributed by atoms with Crippen LogP contribution in [0.25, 0.3) is 0 Å². The molecular formula is C21H19BrN2O3S2. The van der Waals surface area contributed by atoms with E-state index in [4.69, 9.17) is 0 Å². The third-order valence-electron chi connectivity index (χ3n) is 4.07. The Bertz CT molecular complexity index is 1110. The Kier molecular flexibility index (Phi) is 7.00. The maximum absolute atomic E-state index is 13.3. The molecule has 0 saturated heterocycles. The molecule has 0 unspecified atom stereocenters. The molecule has 5 nitrogen and oxygen atoms in total. The number of nitrogens with zero attached hydrogens (tertiary/aromatic N) is 1. The highest BCUT2D eigenvalue weighted by Gasteiger charge is 2.27. The summed E-state index contributed by atoms with van der Waals surface area (Å²) in [6.45, 7) is -0.350. The van der Waals surface area contributed by atoms with Crippen molar-refractivity contribution in [1.82, 2.24) is 0 Å². The summed E-state index contributed by atoms with van der Waals surface area (Å²) < 4.78 is 28.4.